The van der Waals surface area contributed by atoms with Gasteiger partial charge in [0.25, 0.3) is 0 Å². The SMILES string of the molecule is CC(C)(O)CNN. The van der Waals surface area contributed by atoms with Crippen molar-refractivity contribution in [3.05, 3.63) is 0 Å². The summed E-state index contributed by atoms with van der Waals surface area (Å²) < 4.78 is 0. The highest BCUT2D eigenvalue weighted by Crippen LogP contribution is 1.94. The van der Waals surface area contributed by atoms with E-state index in [1.165, 1.54) is 0 Å². The van der Waals surface area contributed by atoms with Crippen LogP contribution in [0.4, 0.5) is 0 Å². The molecule has 7 heavy (non-hydrogen) atoms. The molecule has 44 valence electrons. The van der Waals surface area contributed by atoms with E-state index in [1.54, 1.807) is 13.8 Å². The molecule has 0 spiro atoms. The van der Waals surface area contributed by atoms with Crippen LogP contribution in [-0.2, 0) is 0 Å². The number of hydrogen-bond donors (Lipinski definition) is 3. The molecule has 0 aromatic carbocycles. The number of rotatable bonds is 2. The van der Waals surface area contributed by atoms with E-state index in [1.807, 2.05) is 0 Å². The zero-order valence-electron chi connectivity index (χ0n) is 4.73. The maximum Gasteiger partial charge on any atom is 0.0729 e. The van der Waals surface area contributed by atoms with Crippen molar-refractivity contribution in [2.75, 3.05) is 6.54 Å². The second-order valence-electron chi connectivity index (χ2n) is 2.19. The molecule has 0 radical (unpaired) electrons. The lowest BCUT2D eigenvalue weighted by Gasteiger charge is -2.14. The van der Waals surface area contributed by atoms with E-state index in [4.69, 9.17) is 10.9 Å². The van der Waals surface area contributed by atoms with Crippen molar-refractivity contribution in [1.29, 1.82) is 0 Å². The number of hydrogen-bond acceptors (Lipinski definition) is 3. The average molecular weight is 104 g/mol. The zero-order valence-corrected chi connectivity index (χ0v) is 4.73. The van der Waals surface area contributed by atoms with Crippen LogP contribution in [0.5, 0.6) is 0 Å². The Hall–Kier alpha value is -0.120. The summed E-state index contributed by atoms with van der Waals surface area (Å²) in [5.74, 6) is 4.90. The Morgan fingerprint density at radius 3 is 2.14 bits per heavy atom. The van der Waals surface area contributed by atoms with Crippen molar-refractivity contribution in [3.8, 4) is 0 Å². The molecule has 0 fully saturated rings. The van der Waals surface area contributed by atoms with Gasteiger partial charge in [0.1, 0.15) is 0 Å². The predicted octanol–water partition coefficient (Wildman–Crippen LogP) is -0.779. The van der Waals surface area contributed by atoms with Crippen molar-refractivity contribution in [3.63, 3.8) is 0 Å². The lowest BCUT2D eigenvalue weighted by atomic mass is 10.1. The molecule has 0 saturated heterocycles. The number of nitrogens with one attached hydrogen (secondary N) is 1. The second-order valence-corrected chi connectivity index (χ2v) is 2.19. The van der Waals surface area contributed by atoms with E-state index >= 15 is 0 Å². The minimum Gasteiger partial charge on any atom is -0.389 e. The molecule has 0 aromatic heterocycles. The van der Waals surface area contributed by atoms with Gasteiger partial charge in [-0.2, -0.15) is 0 Å². The van der Waals surface area contributed by atoms with Crippen LogP contribution in [0.15, 0.2) is 0 Å². The maximum atomic E-state index is 8.88. The minimum absolute atomic E-state index is 0.424. The molecule has 0 unspecified atom stereocenters. The van der Waals surface area contributed by atoms with Crippen molar-refractivity contribution >= 4 is 0 Å². The quantitative estimate of drug-likeness (QED) is 0.318. The van der Waals surface area contributed by atoms with Crippen LogP contribution in [0.1, 0.15) is 13.8 Å². The third kappa shape index (κ3) is 5.88. The Morgan fingerprint density at radius 2 is 2.14 bits per heavy atom. The first-order chi connectivity index (χ1) is 3.06. The van der Waals surface area contributed by atoms with Crippen LogP contribution in [-0.4, -0.2) is 17.3 Å². The Kier molecular flexibility index (Phi) is 2.22. The fraction of sp³-hybridized carbons (Fsp3) is 1.00. The van der Waals surface area contributed by atoms with Gasteiger partial charge in [-0.25, -0.2) is 0 Å². The van der Waals surface area contributed by atoms with Gasteiger partial charge < -0.3 is 5.11 Å². The Labute approximate surface area is 43.5 Å². The van der Waals surface area contributed by atoms with Gasteiger partial charge in [0.2, 0.25) is 0 Å². The van der Waals surface area contributed by atoms with Gasteiger partial charge >= 0.3 is 0 Å². The van der Waals surface area contributed by atoms with Gasteiger partial charge in [-0.05, 0) is 13.8 Å². The molecular weight excluding hydrogens is 92.1 g/mol. The lowest BCUT2D eigenvalue weighted by molar-refractivity contribution is 0.0801. The molecule has 0 atom stereocenters. The Morgan fingerprint density at radius 1 is 1.71 bits per heavy atom. The first-order valence-corrected chi connectivity index (χ1v) is 2.22. The molecular formula is C4H12N2O. The van der Waals surface area contributed by atoms with E-state index < -0.39 is 5.60 Å². The minimum atomic E-state index is -0.686. The summed E-state index contributed by atoms with van der Waals surface area (Å²) in [5.41, 5.74) is 1.67. The van der Waals surface area contributed by atoms with Crippen LogP contribution >= 0.6 is 0 Å². The highest BCUT2D eigenvalue weighted by Gasteiger charge is 2.08. The fourth-order valence-electron chi connectivity index (χ4n) is 0.250. The lowest BCUT2D eigenvalue weighted by Crippen LogP contribution is -2.38. The Balaban J connectivity index is 3.15. The number of aliphatic hydroxyl groups is 1. The molecule has 0 aliphatic carbocycles. The van der Waals surface area contributed by atoms with E-state index in [2.05, 4.69) is 5.43 Å². The molecule has 0 aromatic rings. The third-order valence-corrected chi connectivity index (χ3v) is 0.535. The molecule has 4 N–H and O–H groups in total. The monoisotopic (exact) mass is 104 g/mol. The highest BCUT2D eigenvalue weighted by atomic mass is 16.3. The highest BCUT2D eigenvalue weighted by molar-refractivity contribution is 4.64. The molecule has 3 heteroatoms. The van der Waals surface area contributed by atoms with Gasteiger partial charge in [-0.3, -0.25) is 11.3 Å². The zero-order chi connectivity index (χ0) is 5.91. The molecule has 0 aliphatic heterocycles. The van der Waals surface area contributed by atoms with Gasteiger partial charge in [0, 0.05) is 6.54 Å². The van der Waals surface area contributed by atoms with Crippen molar-refractivity contribution in [2.45, 2.75) is 19.4 Å². The summed E-state index contributed by atoms with van der Waals surface area (Å²) in [6.07, 6.45) is 0. The molecule has 0 saturated carbocycles. The van der Waals surface area contributed by atoms with Gasteiger partial charge in [-0.15, -0.1) is 0 Å². The first-order valence-electron chi connectivity index (χ1n) is 2.22. The fourth-order valence-corrected chi connectivity index (χ4v) is 0.250. The number of nitrogens with two attached hydrogens (primary N) is 1. The predicted molar refractivity (Wildman–Crippen MR) is 28.5 cm³/mol. The molecule has 0 aliphatic rings. The molecule has 0 rings (SSSR count). The molecule has 0 heterocycles. The van der Waals surface area contributed by atoms with E-state index in [9.17, 15) is 0 Å². The van der Waals surface area contributed by atoms with Gasteiger partial charge in [0.05, 0.1) is 5.60 Å². The van der Waals surface area contributed by atoms with E-state index in [0.717, 1.165) is 0 Å². The second kappa shape index (κ2) is 2.26. The van der Waals surface area contributed by atoms with Crippen LogP contribution in [0, 0.1) is 0 Å². The summed E-state index contributed by atoms with van der Waals surface area (Å²) in [5, 5.41) is 8.88. The van der Waals surface area contributed by atoms with Crippen molar-refractivity contribution < 1.29 is 5.11 Å². The average Bonchev–Trinajstić information content (AvgIpc) is 1.30. The van der Waals surface area contributed by atoms with Crippen LogP contribution in [0.2, 0.25) is 0 Å². The van der Waals surface area contributed by atoms with Crippen LogP contribution in [0.25, 0.3) is 0 Å². The largest absolute Gasteiger partial charge is 0.389 e. The van der Waals surface area contributed by atoms with Crippen molar-refractivity contribution in [2.24, 2.45) is 5.84 Å². The van der Waals surface area contributed by atoms with Gasteiger partial charge in [0.15, 0.2) is 0 Å². The summed E-state index contributed by atoms with van der Waals surface area (Å²) in [4.78, 5) is 0. The number of hydrazine groups is 1. The normalized spacial score (nSPS) is 12.0. The maximum absolute atomic E-state index is 8.88. The van der Waals surface area contributed by atoms with Crippen LogP contribution in [0.3, 0.4) is 0 Å². The molecule has 0 bridgehead atoms. The Bertz CT molecular complexity index is 48.1. The summed E-state index contributed by atoms with van der Waals surface area (Å²) >= 11 is 0. The summed E-state index contributed by atoms with van der Waals surface area (Å²) in [6.45, 7) is 3.80. The van der Waals surface area contributed by atoms with Crippen molar-refractivity contribution in [1.82, 2.24) is 5.43 Å². The third-order valence-electron chi connectivity index (χ3n) is 0.535. The molecule has 0 amide bonds. The standard InChI is InChI=1S/C4H12N2O/c1-4(2,7)3-6-5/h6-7H,3,5H2,1-2H3. The van der Waals surface area contributed by atoms with Gasteiger partial charge in [-0.1, -0.05) is 0 Å². The van der Waals surface area contributed by atoms with E-state index in [-0.39, 0.29) is 0 Å². The smallest absolute Gasteiger partial charge is 0.0729 e. The van der Waals surface area contributed by atoms with Crippen LogP contribution < -0.4 is 11.3 Å². The first kappa shape index (κ1) is 6.88. The van der Waals surface area contributed by atoms with E-state index in [0.29, 0.717) is 6.54 Å². The molecule has 3 nitrogen and oxygen atoms in total. The summed E-state index contributed by atoms with van der Waals surface area (Å²) in [7, 11) is 0. The topological polar surface area (TPSA) is 58.3 Å². The summed E-state index contributed by atoms with van der Waals surface area (Å²) in [6, 6.07) is 0.